The Kier molecular flexibility index (Phi) is 7.77. The summed E-state index contributed by atoms with van der Waals surface area (Å²) >= 11 is 1.64. The molecule has 4 rings (SSSR count). The minimum Gasteiger partial charge on any atom is -0.379 e. The van der Waals surface area contributed by atoms with Gasteiger partial charge in [0.05, 0.1) is 13.2 Å². The van der Waals surface area contributed by atoms with Gasteiger partial charge in [0.15, 0.2) is 5.82 Å². The van der Waals surface area contributed by atoms with Gasteiger partial charge >= 0.3 is 0 Å². The molecular weight excluding hydrogens is 410 g/mol. The van der Waals surface area contributed by atoms with Gasteiger partial charge in [-0.25, -0.2) is 9.97 Å². The number of hydrogen-bond donors (Lipinski definition) is 1. The number of anilines is 1. The molecule has 31 heavy (non-hydrogen) atoms. The van der Waals surface area contributed by atoms with Gasteiger partial charge in [-0.15, -0.1) is 0 Å². The van der Waals surface area contributed by atoms with Crippen LogP contribution in [0.5, 0.6) is 0 Å². The van der Waals surface area contributed by atoms with Crippen LogP contribution in [0.25, 0.3) is 0 Å². The molecule has 1 N–H and O–H groups in total. The summed E-state index contributed by atoms with van der Waals surface area (Å²) in [7, 11) is 0. The van der Waals surface area contributed by atoms with Crippen molar-refractivity contribution in [2.75, 3.05) is 57.4 Å². The number of ether oxygens (including phenoxy) is 1. The molecule has 2 aromatic rings. The van der Waals surface area contributed by atoms with Crippen molar-refractivity contribution in [3.05, 3.63) is 42.2 Å². The van der Waals surface area contributed by atoms with Crippen LogP contribution in [-0.4, -0.2) is 73.3 Å². The molecule has 0 saturated carbocycles. The molecular formula is C23H31N5O2S. The van der Waals surface area contributed by atoms with Crippen molar-refractivity contribution in [3.63, 3.8) is 0 Å². The molecule has 2 aliphatic rings. The molecule has 0 aliphatic carbocycles. The van der Waals surface area contributed by atoms with Gasteiger partial charge in [0.25, 0.3) is 0 Å². The van der Waals surface area contributed by atoms with E-state index in [1.54, 1.807) is 24.2 Å². The Bertz CT molecular complexity index is 849. The minimum absolute atomic E-state index is 0.0748. The Labute approximate surface area is 188 Å². The van der Waals surface area contributed by atoms with E-state index in [1.165, 1.54) is 5.56 Å². The first-order chi connectivity index (χ1) is 15.2. The van der Waals surface area contributed by atoms with Crippen molar-refractivity contribution < 1.29 is 9.53 Å². The summed E-state index contributed by atoms with van der Waals surface area (Å²) in [5.41, 5.74) is 1.24. The Morgan fingerprint density at radius 3 is 2.55 bits per heavy atom. The van der Waals surface area contributed by atoms with Crippen molar-refractivity contribution >= 4 is 23.5 Å². The van der Waals surface area contributed by atoms with E-state index >= 15 is 0 Å². The molecule has 2 fully saturated rings. The number of nitrogens with one attached hydrogen (secondary N) is 1. The number of rotatable bonds is 7. The van der Waals surface area contributed by atoms with Crippen molar-refractivity contribution in [2.45, 2.75) is 29.7 Å². The van der Waals surface area contributed by atoms with Gasteiger partial charge < -0.3 is 15.0 Å². The van der Waals surface area contributed by atoms with E-state index in [1.807, 2.05) is 0 Å². The summed E-state index contributed by atoms with van der Waals surface area (Å²) in [6.45, 7) is 8.82. The maximum atomic E-state index is 12.6. The van der Waals surface area contributed by atoms with Crippen LogP contribution < -0.4 is 10.2 Å². The van der Waals surface area contributed by atoms with Crippen LogP contribution in [0.4, 0.5) is 5.82 Å². The van der Waals surface area contributed by atoms with Gasteiger partial charge in [-0.2, -0.15) is 0 Å². The Morgan fingerprint density at radius 2 is 1.81 bits per heavy atom. The van der Waals surface area contributed by atoms with E-state index in [-0.39, 0.29) is 11.8 Å². The SMILES string of the molecule is Cc1ccc(Sc2nccnc2N2CCC(C(=O)NCCN3CCOCC3)CC2)cc1. The molecule has 8 heteroatoms. The fraction of sp³-hybridized carbons (Fsp3) is 0.522. The topological polar surface area (TPSA) is 70.6 Å². The highest BCUT2D eigenvalue weighted by molar-refractivity contribution is 7.99. The lowest BCUT2D eigenvalue weighted by molar-refractivity contribution is -0.125. The average Bonchev–Trinajstić information content (AvgIpc) is 2.82. The zero-order valence-corrected chi connectivity index (χ0v) is 18.9. The number of hydrogen-bond acceptors (Lipinski definition) is 7. The van der Waals surface area contributed by atoms with Crippen LogP contribution in [-0.2, 0) is 9.53 Å². The number of benzene rings is 1. The molecule has 1 aromatic heterocycles. The van der Waals surface area contributed by atoms with Crippen LogP contribution >= 0.6 is 11.8 Å². The van der Waals surface area contributed by atoms with Crippen LogP contribution in [0.3, 0.4) is 0 Å². The first kappa shape index (κ1) is 22.0. The number of aryl methyl sites for hydroxylation is 1. The first-order valence-corrected chi connectivity index (χ1v) is 11.9. The third-order valence-corrected chi connectivity index (χ3v) is 6.87. The maximum absolute atomic E-state index is 12.6. The van der Waals surface area contributed by atoms with Gasteiger partial charge in [0.2, 0.25) is 5.91 Å². The number of nitrogens with zero attached hydrogens (tertiary/aromatic N) is 4. The molecule has 7 nitrogen and oxygen atoms in total. The number of aromatic nitrogens is 2. The van der Waals surface area contributed by atoms with Gasteiger partial charge in [-0.3, -0.25) is 9.69 Å². The third-order valence-electron chi connectivity index (χ3n) is 5.88. The Hall–Kier alpha value is -2.16. The van der Waals surface area contributed by atoms with E-state index in [4.69, 9.17) is 4.74 Å². The number of carbonyl (C=O) groups is 1. The molecule has 2 aliphatic heterocycles. The predicted octanol–water partition coefficient (Wildman–Crippen LogP) is 2.60. The van der Waals surface area contributed by atoms with Gasteiger partial charge in [0.1, 0.15) is 5.03 Å². The minimum atomic E-state index is 0.0748. The van der Waals surface area contributed by atoms with Crippen molar-refractivity contribution in [2.24, 2.45) is 5.92 Å². The highest BCUT2D eigenvalue weighted by atomic mass is 32.2. The fourth-order valence-electron chi connectivity index (χ4n) is 3.98. The molecule has 0 unspecified atom stereocenters. The van der Waals surface area contributed by atoms with E-state index in [2.05, 4.69) is 56.3 Å². The summed E-state index contributed by atoms with van der Waals surface area (Å²) in [6, 6.07) is 8.46. The molecule has 2 saturated heterocycles. The van der Waals surface area contributed by atoms with Crippen molar-refractivity contribution in [1.29, 1.82) is 0 Å². The second-order valence-corrected chi connectivity index (χ2v) is 9.17. The highest BCUT2D eigenvalue weighted by Gasteiger charge is 2.27. The summed E-state index contributed by atoms with van der Waals surface area (Å²) in [4.78, 5) is 27.6. The van der Waals surface area contributed by atoms with E-state index in [0.717, 1.165) is 74.5 Å². The summed E-state index contributed by atoms with van der Waals surface area (Å²) in [6.07, 6.45) is 5.18. The van der Waals surface area contributed by atoms with E-state index in [0.29, 0.717) is 6.54 Å². The second-order valence-electron chi connectivity index (χ2n) is 8.11. The largest absolute Gasteiger partial charge is 0.379 e. The lowest BCUT2D eigenvalue weighted by Gasteiger charge is -2.33. The number of morpholine rings is 1. The average molecular weight is 442 g/mol. The normalized spacial score (nSPS) is 18.2. The van der Waals surface area contributed by atoms with Gasteiger partial charge in [-0.1, -0.05) is 29.5 Å². The Balaban J connectivity index is 1.27. The van der Waals surface area contributed by atoms with Crippen LogP contribution in [0.15, 0.2) is 46.6 Å². The molecule has 0 bridgehead atoms. The molecule has 3 heterocycles. The summed E-state index contributed by atoms with van der Waals surface area (Å²) in [5, 5.41) is 4.05. The smallest absolute Gasteiger partial charge is 0.223 e. The zero-order chi connectivity index (χ0) is 21.5. The van der Waals surface area contributed by atoms with Crippen molar-refractivity contribution in [1.82, 2.24) is 20.2 Å². The third kappa shape index (κ3) is 6.18. The highest BCUT2D eigenvalue weighted by Crippen LogP contribution is 2.34. The first-order valence-electron chi connectivity index (χ1n) is 11.1. The van der Waals surface area contributed by atoms with Gasteiger partial charge in [-0.05, 0) is 31.9 Å². The predicted molar refractivity (Wildman–Crippen MR) is 123 cm³/mol. The summed E-state index contributed by atoms with van der Waals surface area (Å²) < 4.78 is 5.37. The lowest BCUT2D eigenvalue weighted by atomic mass is 9.96. The number of carbonyl (C=O) groups excluding carboxylic acids is 1. The second kappa shape index (κ2) is 10.9. The molecule has 0 spiro atoms. The number of piperidine rings is 1. The monoisotopic (exact) mass is 441 g/mol. The van der Waals surface area contributed by atoms with E-state index in [9.17, 15) is 4.79 Å². The molecule has 0 atom stereocenters. The molecule has 1 amide bonds. The van der Waals surface area contributed by atoms with Crippen LogP contribution in [0.2, 0.25) is 0 Å². The Morgan fingerprint density at radius 1 is 1.10 bits per heavy atom. The lowest BCUT2D eigenvalue weighted by Crippen LogP contribution is -2.44. The van der Waals surface area contributed by atoms with Crippen molar-refractivity contribution in [3.8, 4) is 0 Å². The van der Waals surface area contributed by atoms with Crippen LogP contribution in [0.1, 0.15) is 18.4 Å². The summed E-state index contributed by atoms with van der Waals surface area (Å²) in [5.74, 6) is 1.17. The van der Waals surface area contributed by atoms with Gasteiger partial charge in [0, 0.05) is 62.5 Å². The van der Waals surface area contributed by atoms with Crippen LogP contribution in [0, 0.1) is 12.8 Å². The zero-order valence-electron chi connectivity index (χ0n) is 18.1. The van der Waals surface area contributed by atoms with E-state index < -0.39 is 0 Å². The molecule has 166 valence electrons. The maximum Gasteiger partial charge on any atom is 0.223 e. The standard InChI is InChI=1S/C23H31N5O2S/c1-18-2-4-20(5-3-18)31-23-21(24-8-9-26-23)28-11-6-19(7-12-28)22(29)25-10-13-27-14-16-30-17-15-27/h2-5,8-9,19H,6-7,10-17H2,1H3,(H,25,29). The molecule has 0 radical (unpaired) electrons. The number of amides is 1. The molecule has 1 aromatic carbocycles. The quantitative estimate of drug-likeness (QED) is 0.708. The fourth-order valence-corrected chi connectivity index (χ4v) is 4.87.